The molecule has 0 N–H and O–H groups in total. The summed E-state index contributed by atoms with van der Waals surface area (Å²) in [6, 6.07) is 5.54. The van der Waals surface area contributed by atoms with Crippen LogP contribution >= 0.6 is 0 Å². The van der Waals surface area contributed by atoms with Crippen LogP contribution in [0.25, 0.3) is 0 Å². The second-order valence-corrected chi connectivity index (χ2v) is 5.44. The van der Waals surface area contributed by atoms with Gasteiger partial charge in [-0.15, -0.1) is 0 Å². The molecule has 1 aromatic heterocycles. The van der Waals surface area contributed by atoms with E-state index < -0.39 is 0 Å². The Labute approximate surface area is 114 Å². The Hall–Kier alpha value is -1.60. The number of nitriles is 1. The van der Waals surface area contributed by atoms with Crippen molar-refractivity contribution in [2.75, 3.05) is 19.6 Å². The normalized spacial score (nSPS) is 15.9. The van der Waals surface area contributed by atoms with Crippen molar-refractivity contribution >= 4 is 0 Å². The van der Waals surface area contributed by atoms with Crippen molar-refractivity contribution in [3.05, 3.63) is 33.7 Å². The molecule has 19 heavy (non-hydrogen) atoms. The van der Waals surface area contributed by atoms with Gasteiger partial charge in [-0.3, -0.25) is 4.79 Å². The number of hydrogen-bond acceptors (Lipinski definition) is 3. The molecule has 0 amide bonds. The van der Waals surface area contributed by atoms with Crippen LogP contribution in [0.4, 0.5) is 0 Å². The average molecular weight is 259 g/mol. The predicted octanol–water partition coefficient (Wildman–Crippen LogP) is 1.94. The molecule has 1 aliphatic heterocycles. The first-order chi connectivity index (χ1) is 9.13. The molecule has 0 atom stereocenters. The summed E-state index contributed by atoms with van der Waals surface area (Å²) in [4.78, 5) is 14.6. The molecule has 4 nitrogen and oxygen atoms in total. The molecule has 102 valence electrons. The van der Waals surface area contributed by atoms with Gasteiger partial charge in [0.1, 0.15) is 11.6 Å². The minimum atomic E-state index is -0.145. The molecule has 0 radical (unpaired) electrons. The minimum absolute atomic E-state index is 0.145. The predicted molar refractivity (Wildman–Crippen MR) is 75.2 cm³/mol. The highest BCUT2D eigenvalue weighted by Gasteiger charge is 2.15. The first-order valence-electron chi connectivity index (χ1n) is 6.99. The van der Waals surface area contributed by atoms with E-state index in [1.54, 1.807) is 10.6 Å². The molecule has 4 heteroatoms. The topological polar surface area (TPSA) is 49.0 Å². The molecule has 0 aromatic carbocycles. The van der Waals surface area contributed by atoms with Crippen LogP contribution in [0, 0.1) is 11.3 Å². The monoisotopic (exact) mass is 259 g/mol. The molecule has 0 unspecified atom stereocenters. The second kappa shape index (κ2) is 6.03. The van der Waals surface area contributed by atoms with Crippen molar-refractivity contribution in [1.29, 1.82) is 5.26 Å². The molecular weight excluding hydrogens is 238 g/mol. The fraction of sp³-hybridized carbons (Fsp3) is 0.600. The van der Waals surface area contributed by atoms with Crippen LogP contribution in [-0.2, 0) is 6.54 Å². The molecule has 2 rings (SSSR count). The van der Waals surface area contributed by atoms with Gasteiger partial charge in [-0.1, -0.05) is 13.8 Å². The van der Waals surface area contributed by atoms with Crippen molar-refractivity contribution in [2.24, 2.45) is 0 Å². The number of hydrogen-bond donors (Lipinski definition) is 0. The Balaban J connectivity index is 2.25. The van der Waals surface area contributed by atoms with E-state index >= 15 is 0 Å². The first kappa shape index (κ1) is 13.8. The van der Waals surface area contributed by atoms with Crippen molar-refractivity contribution in [1.82, 2.24) is 9.47 Å². The SMILES string of the molecule is CC(C)c1ccc(C#N)c(=O)n1CCN1CCCC1. The van der Waals surface area contributed by atoms with Crippen LogP contribution in [0.5, 0.6) is 0 Å². The summed E-state index contributed by atoms with van der Waals surface area (Å²) in [5.74, 6) is 0.291. The van der Waals surface area contributed by atoms with Gasteiger partial charge >= 0.3 is 0 Å². The maximum absolute atomic E-state index is 12.3. The van der Waals surface area contributed by atoms with Gasteiger partial charge < -0.3 is 9.47 Å². The molecule has 0 bridgehead atoms. The number of aromatic nitrogens is 1. The van der Waals surface area contributed by atoms with Crippen LogP contribution in [0.2, 0.25) is 0 Å². The van der Waals surface area contributed by atoms with Gasteiger partial charge in [0.25, 0.3) is 5.56 Å². The average Bonchev–Trinajstić information content (AvgIpc) is 2.89. The lowest BCUT2D eigenvalue weighted by Crippen LogP contribution is -2.32. The van der Waals surface area contributed by atoms with E-state index in [1.807, 2.05) is 12.1 Å². The number of rotatable bonds is 4. The van der Waals surface area contributed by atoms with Gasteiger partial charge in [0.15, 0.2) is 0 Å². The Kier molecular flexibility index (Phi) is 4.39. The molecule has 1 saturated heterocycles. The fourth-order valence-corrected chi connectivity index (χ4v) is 2.66. The summed E-state index contributed by atoms with van der Waals surface area (Å²) < 4.78 is 1.78. The highest BCUT2D eigenvalue weighted by molar-refractivity contribution is 5.28. The number of pyridine rings is 1. The molecule has 0 saturated carbocycles. The smallest absolute Gasteiger partial charge is 0.268 e. The Morgan fingerprint density at radius 3 is 2.53 bits per heavy atom. The third kappa shape index (κ3) is 3.05. The minimum Gasteiger partial charge on any atom is -0.310 e. The molecule has 2 heterocycles. The Morgan fingerprint density at radius 1 is 1.26 bits per heavy atom. The van der Waals surface area contributed by atoms with Crippen molar-refractivity contribution < 1.29 is 0 Å². The van der Waals surface area contributed by atoms with E-state index in [-0.39, 0.29) is 11.1 Å². The third-order valence-corrected chi connectivity index (χ3v) is 3.76. The van der Waals surface area contributed by atoms with Gasteiger partial charge in [0, 0.05) is 18.8 Å². The quantitative estimate of drug-likeness (QED) is 0.830. The Morgan fingerprint density at radius 2 is 1.95 bits per heavy atom. The summed E-state index contributed by atoms with van der Waals surface area (Å²) in [5, 5.41) is 8.98. The van der Waals surface area contributed by atoms with Gasteiger partial charge in [-0.2, -0.15) is 5.26 Å². The fourth-order valence-electron chi connectivity index (χ4n) is 2.66. The third-order valence-electron chi connectivity index (χ3n) is 3.76. The standard InChI is InChI=1S/C15H21N3O/c1-12(2)14-6-5-13(11-16)15(19)18(14)10-9-17-7-3-4-8-17/h5-6,12H,3-4,7-10H2,1-2H3. The van der Waals surface area contributed by atoms with Crippen molar-refractivity contribution in [3.8, 4) is 6.07 Å². The number of likely N-dealkylation sites (tertiary alicyclic amines) is 1. The maximum Gasteiger partial charge on any atom is 0.268 e. The summed E-state index contributed by atoms with van der Waals surface area (Å²) in [5.41, 5.74) is 1.11. The van der Waals surface area contributed by atoms with Gasteiger partial charge in [-0.25, -0.2) is 0 Å². The molecule has 0 aliphatic carbocycles. The molecular formula is C15H21N3O. The van der Waals surface area contributed by atoms with Crippen LogP contribution in [0.1, 0.15) is 43.9 Å². The number of nitrogens with zero attached hydrogens (tertiary/aromatic N) is 3. The van der Waals surface area contributed by atoms with Crippen LogP contribution in [-0.4, -0.2) is 29.1 Å². The summed E-state index contributed by atoms with van der Waals surface area (Å²) >= 11 is 0. The molecule has 0 spiro atoms. The summed E-state index contributed by atoms with van der Waals surface area (Å²) in [6.45, 7) is 7.99. The van der Waals surface area contributed by atoms with Gasteiger partial charge in [0.05, 0.1) is 0 Å². The Bertz CT molecular complexity index is 533. The highest BCUT2D eigenvalue weighted by atomic mass is 16.1. The molecule has 1 aliphatic rings. The lowest BCUT2D eigenvalue weighted by Gasteiger charge is -2.19. The first-order valence-corrected chi connectivity index (χ1v) is 6.99. The van der Waals surface area contributed by atoms with Crippen LogP contribution in [0.3, 0.4) is 0 Å². The lowest BCUT2D eigenvalue weighted by atomic mass is 10.1. The summed E-state index contributed by atoms with van der Waals surface area (Å²) in [6.07, 6.45) is 2.51. The zero-order chi connectivity index (χ0) is 13.8. The van der Waals surface area contributed by atoms with E-state index in [9.17, 15) is 4.79 Å². The zero-order valence-corrected chi connectivity index (χ0v) is 11.7. The van der Waals surface area contributed by atoms with E-state index in [2.05, 4.69) is 18.7 Å². The van der Waals surface area contributed by atoms with Gasteiger partial charge in [0.2, 0.25) is 0 Å². The van der Waals surface area contributed by atoms with Crippen LogP contribution in [0.15, 0.2) is 16.9 Å². The zero-order valence-electron chi connectivity index (χ0n) is 11.7. The van der Waals surface area contributed by atoms with E-state index in [0.717, 1.165) is 25.3 Å². The highest BCUT2D eigenvalue weighted by Crippen LogP contribution is 2.14. The van der Waals surface area contributed by atoms with E-state index in [0.29, 0.717) is 12.5 Å². The molecule has 1 fully saturated rings. The maximum atomic E-state index is 12.3. The summed E-state index contributed by atoms with van der Waals surface area (Å²) in [7, 11) is 0. The van der Waals surface area contributed by atoms with E-state index in [1.165, 1.54) is 12.8 Å². The lowest BCUT2D eigenvalue weighted by molar-refractivity contribution is 0.318. The van der Waals surface area contributed by atoms with Crippen molar-refractivity contribution in [2.45, 2.75) is 39.2 Å². The molecule has 1 aromatic rings. The van der Waals surface area contributed by atoms with Crippen molar-refractivity contribution in [3.63, 3.8) is 0 Å². The van der Waals surface area contributed by atoms with E-state index in [4.69, 9.17) is 5.26 Å². The second-order valence-electron chi connectivity index (χ2n) is 5.44. The van der Waals surface area contributed by atoms with Crippen LogP contribution < -0.4 is 5.56 Å². The van der Waals surface area contributed by atoms with Gasteiger partial charge in [-0.05, 0) is 44.0 Å². The largest absolute Gasteiger partial charge is 0.310 e.